The maximum atomic E-state index is 13.0. The Labute approximate surface area is 155 Å². The van der Waals surface area contributed by atoms with Gasteiger partial charge in [-0.1, -0.05) is 13.3 Å². The fraction of sp³-hybridized carbons (Fsp3) is 0.611. The Balaban J connectivity index is 1.95. The third-order valence-electron chi connectivity index (χ3n) is 4.97. The number of anilines is 2. The lowest BCUT2D eigenvalue weighted by Gasteiger charge is -2.32. The van der Waals surface area contributed by atoms with Gasteiger partial charge in [0.25, 0.3) is 0 Å². The lowest BCUT2D eigenvalue weighted by molar-refractivity contribution is -0.115. The van der Waals surface area contributed by atoms with Crippen LogP contribution in [0.1, 0.15) is 32.6 Å². The first-order chi connectivity index (χ1) is 12.5. The molecule has 1 aromatic carbocycles. The van der Waals surface area contributed by atoms with Gasteiger partial charge in [0.05, 0.1) is 16.3 Å². The van der Waals surface area contributed by atoms with Gasteiger partial charge in [0.2, 0.25) is 15.9 Å². The average molecular weight is 381 g/mol. The first-order valence-corrected chi connectivity index (χ1v) is 10.9. The Kier molecular flexibility index (Phi) is 6.16. The van der Waals surface area contributed by atoms with E-state index >= 15 is 0 Å². The van der Waals surface area contributed by atoms with E-state index in [2.05, 4.69) is 15.5 Å². The summed E-state index contributed by atoms with van der Waals surface area (Å²) in [5, 5.41) is 6.20. The smallest absolute Gasteiger partial charge is 0.243 e. The third kappa shape index (κ3) is 4.19. The molecule has 7 nitrogen and oxygen atoms in total. The molecule has 0 atom stereocenters. The minimum atomic E-state index is -3.50. The largest absolute Gasteiger partial charge is 0.367 e. The molecule has 0 aromatic heterocycles. The number of piperidine rings is 1. The van der Waals surface area contributed by atoms with Crippen LogP contribution in [0.25, 0.3) is 0 Å². The molecule has 1 aromatic rings. The predicted octanol–water partition coefficient (Wildman–Crippen LogP) is 1.62. The molecule has 2 saturated heterocycles. The predicted molar refractivity (Wildman–Crippen MR) is 103 cm³/mol. The minimum Gasteiger partial charge on any atom is -0.367 e. The standard InChI is InChI=1S/C18H28N4O3S/c1-2-18(23)20-16-7-6-15(14-17(16)21-12-8-19-9-13-21)26(24,25)22-10-4-3-5-11-22/h6-7,14,19H,2-5,8-13H2,1H3,(H,20,23). The molecule has 2 aliphatic heterocycles. The minimum absolute atomic E-state index is 0.0759. The molecule has 2 fully saturated rings. The number of hydrogen-bond donors (Lipinski definition) is 2. The summed E-state index contributed by atoms with van der Waals surface area (Å²) >= 11 is 0. The van der Waals surface area contributed by atoms with Crippen molar-refractivity contribution < 1.29 is 13.2 Å². The van der Waals surface area contributed by atoms with Crippen molar-refractivity contribution in [1.29, 1.82) is 0 Å². The first-order valence-electron chi connectivity index (χ1n) is 9.42. The lowest BCUT2D eigenvalue weighted by atomic mass is 10.2. The second kappa shape index (κ2) is 8.37. The number of benzene rings is 1. The zero-order valence-corrected chi connectivity index (χ0v) is 16.1. The van der Waals surface area contributed by atoms with Crippen molar-refractivity contribution >= 4 is 27.3 Å². The van der Waals surface area contributed by atoms with Gasteiger partial charge in [-0.25, -0.2) is 8.42 Å². The van der Waals surface area contributed by atoms with E-state index in [4.69, 9.17) is 0 Å². The molecule has 0 saturated carbocycles. The van der Waals surface area contributed by atoms with E-state index in [0.29, 0.717) is 30.1 Å². The number of nitrogens with zero attached hydrogens (tertiary/aromatic N) is 2. The number of sulfonamides is 1. The average Bonchev–Trinajstić information content (AvgIpc) is 2.69. The molecular formula is C18H28N4O3S. The van der Waals surface area contributed by atoms with Crippen LogP contribution in [0.4, 0.5) is 11.4 Å². The quantitative estimate of drug-likeness (QED) is 0.811. The molecule has 3 rings (SSSR count). The molecule has 0 bridgehead atoms. The van der Waals surface area contributed by atoms with Gasteiger partial charge in [0.1, 0.15) is 0 Å². The van der Waals surface area contributed by atoms with Gasteiger partial charge in [-0.2, -0.15) is 4.31 Å². The summed E-state index contributed by atoms with van der Waals surface area (Å²) in [7, 11) is -3.50. The van der Waals surface area contributed by atoms with Crippen LogP contribution in [-0.2, 0) is 14.8 Å². The molecule has 2 N–H and O–H groups in total. The molecule has 26 heavy (non-hydrogen) atoms. The summed E-state index contributed by atoms with van der Waals surface area (Å²) < 4.78 is 27.6. The number of amides is 1. The van der Waals surface area contributed by atoms with E-state index in [1.54, 1.807) is 29.4 Å². The van der Waals surface area contributed by atoms with Crippen molar-refractivity contribution in [3.8, 4) is 0 Å². The highest BCUT2D eigenvalue weighted by atomic mass is 32.2. The molecule has 1 amide bonds. The number of carbonyl (C=O) groups is 1. The third-order valence-corrected chi connectivity index (χ3v) is 6.87. The molecule has 0 radical (unpaired) electrons. The van der Waals surface area contributed by atoms with Gasteiger partial charge in [-0.15, -0.1) is 0 Å². The van der Waals surface area contributed by atoms with Crippen molar-refractivity contribution in [3.63, 3.8) is 0 Å². The Hall–Kier alpha value is -1.64. The molecule has 2 aliphatic rings. The van der Waals surface area contributed by atoms with Crippen LogP contribution in [0.15, 0.2) is 23.1 Å². The summed E-state index contributed by atoms with van der Waals surface area (Å²) in [6.45, 7) is 6.20. The van der Waals surface area contributed by atoms with Gasteiger partial charge >= 0.3 is 0 Å². The highest BCUT2D eigenvalue weighted by molar-refractivity contribution is 7.89. The molecule has 0 spiro atoms. The zero-order valence-electron chi connectivity index (χ0n) is 15.3. The van der Waals surface area contributed by atoms with E-state index in [0.717, 1.165) is 51.1 Å². The lowest BCUT2D eigenvalue weighted by Crippen LogP contribution is -2.44. The van der Waals surface area contributed by atoms with Crippen LogP contribution < -0.4 is 15.5 Å². The van der Waals surface area contributed by atoms with E-state index in [9.17, 15) is 13.2 Å². The van der Waals surface area contributed by atoms with Crippen LogP contribution in [0, 0.1) is 0 Å². The molecule has 144 valence electrons. The first kappa shape index (κ1) is 19.1. The SMILES string of the molecule is CCC(=O)Nc1ccc(S(=O)(=O)N2CCCCC2)cc1N1CCNCC1. The summed E-state index contributed by atoms with van der Waals surface area (Å²) in [5.41, 5.74) is 1.46. The van der Waals surface area contributed by atoms with Crippen molar-refractivity contribution in [1.82, 2.24) is 9.62 Å². The molecular weight excluding hydrogens is 352 g/mol. The monoisotopic (exact) mass is 380 g/mol. The Morgan fingerprint density at radius 2 is 1.81 bits per heavy atom. The number of nitrogens with one attached hydrogen (secondary N) is 2. The number of piperazine rings is 1. The maximum Gasteiger partial charge on any atom is 0.243 e. The number of hydrogen-bond acceptors (Lipinski definition) is 5. The van der Waals surface area contributed by atoms with Crippen molar-refractivity contribution in [2.75, 3.05) is 49.5 Å². The fourth-order valence-corrected chi connectivity index (χ4v) is 4.98. The summed E-state index contributed by atoms with van der Waals surface area (Å²) in [5.74, 6) is -0.0759. The second-order valence-corrected chi connectivity index (χ2v) is 8.72. The van der Waals surface area contributed by atoms with Gasteiger partial charge in [-0.3, -0.25) is 4.79 Å². The maximum absolute atomic E-state index is 13.0. The number of carbonyl (C=O) groups excluding carboxylic acids is 1. The molecule has 0 unspecified atom stereocenters. The van der Waals surface area contributed by atoms with Crippen molar-refractivity contribution in [2.24, 2.45) is 0 Å². The highest BCUT2D eigenvalue weighted by Gasteiger charge is 2.27. The molecule has 2 heterocycles. The highest BCUT2D eigenvalue weighted by Crippen LogP contribution is 2.31. The van der Waals surface area contributed by atoms with E-state index in [1.165, 1.54) is 0 Å². The van der Waals surface area contributed by atoms with Gasteiger partial charge in [0.15, 0.2) is 0 Å². The normalized spacial score (nSPS) is 19.3. The second-order valence-electron chi connectivity index (χ2n) is 6.78. The fourth-order valence-electron chi connectivity index (χ4n) is 3.44. The van der Waals surface area contributed by atoms with Crippen LogP contribution in [0.5, 0.6) is 0 Å². The summed E-state index contributed by atoms with van der Waals surface area (Å²) in [6, 6.07) is 5.06. The van der Waals surface area contributed by atoms with E-state index in [1.807, 2.05) is 0 Å². The Bertz CT molecular complexity index is 739. The topological polar surface area (TPSA) is 81.8 Å². The Morgan fingerprint density at radius 1 is 1.12 bits per heavy atom. The van der Waals surface area contributed by atoms with Crippen LogP contribution >= 0.6 is 0 Å². The molecule has 8 heteroatoms. The molecule has 0 aliphatic carbocycles. The van der Waals surface area contributed by atoms with Crippen molar-refractivity contribution in [3.05, 3.63) is 18.2 Å². The van der Waals surface area contributed by atoms with Crippen LogP contribution in [-0.4, -0.2) is 57.9 Å². The zero-order chi connectivity index (χ0) is 18.6. The van der Waals surface area contributed by atoms with E-state index in [-0.39, 0.29) is 5.91 Å². The summed E-state index contributed by atoms with van der Waals surface area (Å²) in [6.07, 6.45) is 3.29. The summed E-state index contributed by atoms with van der Waals surface area (Å²) in [4.78, 5) is 14.3. The van der Waals surface area contributed by atoms with Crippen LogP contribution in [0.2, 0.25) is 0 Å². The van der Waals surface area contributed by atoms with E-state index < -0.39 is 10.0 Å². The van der Waals surface area contributed by atoms with Gasteiger partial charge in [0, 0.05) is 45.7 Å². The van der Waals surface area contributed by atoms with Gasteiger partial charge in [-0.05, 0) is 31.0 Å². The van der Waals surface area contributed by atoms with Crippen molar-refractivity contribution in [2.45, 2.75) is 37.5 Å². The number of rotatable bonds is 5. The Morgan fingerprint density at radius 3 is 2.46 bits per heavy atom. The van der Waals surface area contributed by atoms with Crippen LogP contribution in [0.3, 0.4) is 0 Å². The van der Waals surface area contributed by atoms with Gasteiger partial charge < -0.3 is 15.5 Å².